The van der Waals surface area contributed by atoms with Crippen molar-refractivity contribution in [3.05, 3.63) is 50.1 Å². The van der Waals surface area contributed by atoms with Gasteiger partial charge in [0, 0.05) is 20.6 Å². The predicted octanol–water partition coefficient (Wildman–Crippen LogP) is 3.53. The second-order valence-electron chi connectivity index (χ2n) is 3.89. The Balaban J connectivity index is 2.17. The molecule has 18 heavy (non-hydrogen) atoms. The third-order valence-electron chi connectivity index (χ3n) is 2.73. The van der Waals surface area contributed by atoms with E-state index in [1.807, 2.05) is 30.5 Å². The number of carbonyl (C=O) groups is 1. The summed E-state index contributed by atoms with van der Waals surface area (Å²) in [4.78, 5) is 12.5. The number of primary amides is 1. The van der Waals surface area contributed by atoms with E-state index in [4.69, 9.17) is 5.73 Å². The number of anilines is 1. The predicted molar refractivity (Wildman–Crippen MR) is 79.0 cm³/mol. The van der Waals surface area contributed by atoms with Crippen molar-refractivity contribution in [2.24, 2.45) is 5.73 Å². The number of halogens is 1. The second-order valence-corrected chi connectivity index (χ2v) is 5.74. The Labute approximate surface area is 118 Å². The van der Waals surface area contributed by atoms with E-state index in [0.29, 0.717) is 5.56 Å². The SMILES string of the molecule is Cc1c(NCc2sccc2Br)cccc1C(N)=O. The highest BCUT2D eigenvalue weighted by atomic mass is 79.9. The van der Waals surface area contributed by atoms with Crippen molar-refractivity contribution in [3.63, 3.8) is 0 Å². The maximum Gasteiger partial charge on any atom is 0.249 e. The van der Waals surface area contributed by atoms with Crippen LogP contribution in [0.1, 0.15) is 20.8 Å². The summed E-state index contributed by atoms with van der Waals surface area (Å²) in [6.07, 6.45) is 0. The van der Waals surface area contributed by atoms with Crippen LogP contribution in [-0.4, -0.2) is 5.91 Å². The summed E-state index contributed by atoms with van der Waals surface area (Å²) >= 11 is 5.18. The van der Waals surface area contributed by atoms with Crippen molar-refractivity contribution < 1.29 is 4.79 Å². The molecule has 3 nitrogen and oxygen atoms in total. The number of benzene rings is 1. The number of carbonyl (C=O) groups excluding carboxylic acids is 1. The number of rotatable bonds is 4. The molecule has 0 bridgehead atoms. The number of nitrogens with two attached hydrogens (primary N) is 1. The molecule has 0 saturated heterocycles. The van der Waals surface area contributed by atoms with Gasteiger partial charge >= 0.3 is 0 Å². The monoisotopic (exact) mass is 324 g/mol. The van der Waals surface area contributed by atoms with Crippen LogP contribution < -0.4 is 11.1 Å². The lowest BCUT2D eigenvalue weighted by Gasteiger charge is -2.11. The first-order chi connectivity index (χ1) is 8.59. The highest BCUT2D eigenvalue weighted by Crippen LogP contribution is 2.25. The van der Waals surface area contributed by atoms with Gasteiger partial charge < -0.3 is 11.1 Å². The minimum absolute atomic E-state index is 0.395. The van der Waals surface area contributed by atoms with Gasteiger partial charge in [-0.25, -0.2) is 0 Å². The molecule has 0 spiro atoms. The maximum atomic E-state index is 11.3. The van der Waals surface area contributed by atoms with Crippen molar-refractivity contribution in [3.8, 4) is 0 Å². The van der Waals surface area contributed by atoms with Gasteiger partial charge in [0.15, 0.2) is 0 Å². The van der Waals surface area contributed by atoms with E-state index >= 15 is 0 Å². The average Bonchev–Trinajstić information content (AvgIpc) is 2.73. The first-order valence-electron chi connectivity index (χ1n) is 5.44. The van der Waals surface area contributed by atoms with Gasteiger partial charge in [0.25, 0.3) is 0 Å². The Morgan fingerprint density at radius 1 is 1.44 bits per heavy atom. The molecular formula is C13H13BrN2OS. The molecule has 0 atom stereocenters. The molecule has 1 aromatic heterocycles. The average molecular weight is 325 g/mol. The molecule has 0 radical (unpaired) electrons. The van der Waals surface area contributed by atoms with Gasteiger partial charge in [0.05, 0.1) is 6.54 Å². The number of hydrogen-bond acceptors (Lipinski definition) is 3. The van der Waals surface area contributed by atoms with E-state index in [2.05, 4.69) is 21.2 Å². The van der Waals surface area contributed by atoms with Gasteiger partial charge in [-0.05, 0) is 52.0 Å². The fraction of sp³-hybridized carbons (Fsp3) is 0.154. The van der Waals surface area contributed by atoms with Crippen molar-refractivity contribution in [2.75, 3.05) is 5.32 Å². The Hall–Kier alpha value is -1.33. The fourth-order valence-electron chi connectivity index (χ4n) is 1.72. The van der Waals surface area contributed by atoms with Gasteiger partial charge in [0.1, 0.15) is 0 Å². The van der Waals surface area contributed by atoms with Crippen LogP contribution in [0.2, 0.25) is 0 Å². The third-order valence-corrected chi connectivity index (χ3v) is 4.66. The Morgan fingerprint density at radius 2 is 2.22 bits per heavy atom. The van der Waals surface area contributed by atoms with E-state index in [9.17, 15) is 4.79 Å². The molecule has 94 valence electrons. The maximum absolute atomic E-state index is 11.3. The van der Waals surface area contributed by atoms with E-state index in [0.717, 1.165) is 22.3 Å². The minimum atomic E-state index is -0.395. The quantitative estimate of drug-likeness (QED) is 0.903. The second kappa shape index (κ2) is 5.54. The van der Waals surface area contributed by atoms with Crippen LogP contribution >= 0.6 is 27.3 Å². The molecule has 0 unspecified atom stereocenters. The highest BCUT2D eigenvalue weighted by Gasteiger charge is 2.08. The number of amides is 1. The highest BCUT2D eigenvalue weighted by molar-refractivity contribution is 9.10. The Kier molecular flexibility index (Phi) is 4.04. The molecule has 0 aliphatic rings. The van der Waals surface area contributed by atoms with E-state index in [1.54, 1.807) is 17.4 Å². The zero-order chi connectivity index (χ0) is 13.1. The fourth-order valence-corrected chi connectivity index (χ4v) is 3.15. The zero-order valence-electron chi connectivity index (χ0n) is 9.87. The summed E-state index contributed by atoms with van der Waals surface area (Å²) < 4.78 is 1.10. The van der Waals surface area contributed by atoms with Crippen LogP contribution in [0.15, 0.2) is 34.1 Å². The number of thiophene rings is 1. The van der Waals surface area contributed by atoms with Crippen LogP contribution in [0, 0.1) is 6.92 Å². The van der Waals surface area contributed by atoms with Crippen molar-refractivity contribution in [2.45, 2.75) is 13.5 Å². The molecule has 0 aliphatic heterocycles. The molecule has 0 aliphatic carbocycles. The smallest absolute Gasteiger partial charge is 0.249 e. The van der Waals surface area contributed by atoms with E-state index < -0.39 is 5.91 Å². The van der Waals surface area contributed by atoms with Crippen molar-refractivity contribution in [1.82, 2.24) is 0 Å². The summed E-state index contributed by atoms with van der Waals surface area (Å²) in [5.41, 5.74) is 7.71. The molecule has 5 heteroatoms. The summed E-state index contributed by atoms with van der Waals surface area (Å²) in [5, 5.41) is 5.36. The molecule has 1 heterocycles. The lowest BCUT2D eigenvalue weighted by Crippen LogP contribution is -2.13. The summed E-state index contributed by atoms with van der Waals surface area (Å²) in [5.74, 6) is -0.395. The molecule has 1 amide bonds. The molecular weight excluding hydrogens is 312 g/mol. The Morgan fingerprint density at radius 3 is 2.83 bits per heavy atom. The lowest BCUT2D eigenvalue weighted by atomic mass is 10.1. The summed E-state index contributed by atoms with van der Waals surface area (Å²) in [7, 11) is 0. The normalized spacial score (nSPS) is 10.3. The number of nitrogens with one attached hydrogen (secondary N) is 1. The Bertz CT molecular complexity index is 580. The summed E-state index contributed by atoms with van der Waals surface area (Å²) in [6, 6.07) is 7.54. The van der Waals surface area contributed by atoms with Crippen molar-refractivity contribution in [1.29, 1.82) is 0 Å². The first kappa shape index (κ1) is 13.1. The molecule has 2 aromatic rings. The lowest BCUT2D eigenvalue weighted by molar-refractivity contribution is 0.1000. The molecule has 3 N–H and O–H groups in total. The standard InChI is InChI=1S/C13H13BrN2OS/c1-8-9(13(15)17)3-2-4-11(8)16-7-12-10(14)5-6-18-12/h2-6,16H,7H2,1H3,(H2,15,17). The molecule has 2 rings (SSSR count). The van der Waals surface area contributed by atoms with Gasteiger partial charge in [-0.2, -0.15) is 0 Å². The van der Waals surface area contributed by atoms with Crippen LogP contribution in [0.5, 0.6) is 0 Å². The van der Waals surface area contributed by atoms with Gasteiger partial charge in [0.2, 0.25) is 5.91 Å². The van der Waals surface area contributed by atoms with Crippen LogP contribution in [-0.2, 0) is 6.54 Å². The van der Waals surface area contributed by atoms with E-state index in [-0.39, 0.29) is 0 Å². The summed E-state index contributed by atoms with van der Waals surface area (Å²) in [6.45, 7) is 2.62. The van der Waals surface area contributed by atoms with Gasteiger partial charge in [-0.1, -0.05) is 6.07 Å². The zero-order valence-corrected chi connectivity index (χ0v) is 12.3. The van der Waals surface area contributed by atoms with Gasteiger partial charge in [-0.3, -0.25) is 4.79 Å². The number of hydrogen-bond donors (Lipinski definition) is 2. The van der Waals surface area contributed by atoms with Gasteiger partial charge in [-0.15, -0.1) is 11.3 Å². The topological polar surface area (TPSA) is 55.1 Å². The minimum Gasteiger partial charge on any atom is -0.380 e. The molecule has 0 saturated carbocycles. The largest absolute Gasteiger partial charge is 0.380 e. The van der Waals surface area contributed by atoms with Crippen molar-refractivity contribution >= 4 is 38.9 Å². The van der Waals surface area contributed by atoms with Crippen LogP contribution in [0.3, 0.4) is 0 Å². The molecule has 1 aromatic carbocycles. The van der Waals surface area contributed by atoms with E-state index in [1.165, 1.54) is 4.88 Å². The first-order valence-corrected chi connectivity index (χ1v) is 7.12. The van der Waals surface area contributed by atoms with Crippen LogP contribution in [0.25, 0.3) is 0 Å². The van der Waals surface area contributed by atoms with Crippen LogP contribution in [0.4, 0.5) is 5.69 Å². The molecule has 0 fully saturated rings. The third kappa shape index (κ3) is 2.73.